The Kier molecular flexibility index (Phi) is 5.61. The Bertz CT molecular complexity index is 644. The maximum Gasteiger partial charge on any atom is 0.291 e. The fourth-order valence-electron chi connectivity index (χ4n) is 1.59. The number of nitrogens with two attached hydrogens (primary N) is 1. The molecule has 0 aromatic heterocycles. The molecule has 1 amide bonds. The van der Waals surface area contributed by atoms with Gasteiger partial charge in [-0.3, -0.25) is 14.9 Å². The Morgan fingerprint density at radius 3 is 2.62 bits per heavy atom. The fourth-order valence-corrected chi connectivity index (χ4v) is 2.81. The second-order valence-electron chi connectivity index (χ2n) is 4.16. The van der Waals surface area contributed by atoms with Gasteiger partial charge in [0.1, 0.15) is 0 Å². The third kappa shape index (κ3) is 4.68. The van der Waals surface area contributed by atoms with Crippen LogP contribution in [0, 0.1) is 10.1 Å². The highest BCUT2D eigenvalue weighted by molar-refractivity contribution is 7.89. The molecule has 0 spiro atoms. The third-order valence-electron chi connectivity index (χ3n) is 2.63. The Labute approximate surface area is 121 Å². The monoisotopic (exact) mass is 316 g/mol. The number of nitro groups is 1. The highest BCUT2D eigenvalue weighted by Gasteiger charge is 2.25. The molecule has 0 saturated heterocycles. The molecule has 0 unspecified atom stereocenters. The molecule has 0 radical (unpaired) electrons. The van der Waals surface area contributed by atoms with Gasteiger partial charge in [0.2, 0.25) is 15.9 Å². The van der Waals surface area contributed by atoms with Crippen molar-refractivity contribution >= 4 is 27.3 Å². The van der Waals surface area contributed by atoms with Gasteiger partial charge in [-0.1, -0.05) is 0 Å². The Morgan fingerprint density at radius 2 is 2.10 bits per heavy atom. The summed E-state index contributed by atoms with van der Waals surface area (Å²) in [5.74, 6) is -0.543. The van der Waals surface area contributed by atoms with Gasteiger partial charge in [0.15, 0.2) is 4.90 Å². The van der Waals surface area contributed by atoms with Gasteiger partial charge in [0.25, 0.3) is 5.69 Å². The topological polar surface area (TPSA) is 144 Å². The van der Waals surface area contributed by atoms with Crippen molar-refractivity contribution in [3.63, 3.8) is 0 Å². The summed E-state index contributed by atoms with van der Waals surface area (Å²) in [7, 11) is -2.47. The zero-order valence-electron chi connectivity index (χ0n) is 11.3. The predicted molar refractivity (Wildman–Crippen MR) is 76.3 cm³/mol. The molecule has 0 aliphatic rings. The number of nitrogens with one attached hydrogen (secondary N) is 2. The largest absolute Gasteiger partial charge is 0.388 e. The van der Waals surface area contributed by atoms with E-state index in [-0.39, 0.29) is 19.4 Å². The van der Waals surface area contributed by atoms with Crippen LogP contribution in [0.5, 0.6) is 0 Å². The number of nitro benzene ring substituents is 1. The van der Waals surface area contributed by atoms with Crippen LogP contribution in [0.15, 0.2) is 23.1 Å². The molecule has 0 heterocycles. The van der Waals surface area contributed by atoms with Crippen molar-refractivity contribution in [1.29, 1.82) is 0 Å². The van der Waals surface area contributed by atoms with E-state index >= 15 is 0 Å². The second kappa shape index (κ2) is 6.99. The molecular weight excluding hydrogens is 300 g/mol. The number of amides is 1. The summed E-state index contributed by atoms with van der Waals surface area (Å²) in [5.41, 5.74) is 4.84. The lowest BCUT2D eigenvalue weighted by atomic mass is 10.3. The Morgan fingerprint density at radius 1 is 1.43 bits per heavy atom. The SMILES string of the molecule is CNc1ccc(S(=O)(=O)NCCCC(N)=O)c([N+](=O)[O-])c1. The van der Waals surface area contributed by atoms with Gasteiger partial charge in [-0.15, -0.1) is 0 Å². The van der Waals surface area contributed by atoms with Crippen LogP contribution < -0.4 is 15.8 Å². The van der Waals surface area contributed by atoms with E-state index in [0.29, 0.717) is 5.69 Å². The maximum atomic E-state index is 12.0. The minimum absolute atomic E-state index is 0.0311. The van der Waals surface area contributed by atoms with Crippen LogP contribution in [-0.2, 0) is 14.8 Å². The van der Waals surface area contributed by atoms with E-state index < -0.39 is 31.4 Å². The lowest BCUT2D eigenvalue weighted by Crippen LogP contribution is -2.26. The molecule has 0 atom stereocenters. The molecule has 0 saturated carbocycles. The van der Waals surface area contributed by atoms with Crippen LogP contribution in [0.1, 0.15) is 12.8 Å². The first-order valence-corrected chi connectivity index (χ1v) is 7.50. The Hall–Kier alpha value is -2.20. The molecule has 0 aliphatic heterocycles. The molecule has 0 bridgehead atoms. The van der Waals surface area contributed by atoms with Gasteiger partial charge in [-0.2, -0.15) is 0 Å². The van der Waals surface area contributed by atoms with Gasteiger partial charge in [-0.25, -0.2) is 13.1 Å². The van der Waals surface area contributed by atoms with Crippen molar-refractivity contribution in [2.24, 2.45) is 5.73 Å². The first-order valence-electron chi connectivity index (χ1n) is 6.02. The van der Waals surface area contributed by atoms with Crippen molar-refractivity contribution in [1.82, 2.24) is 4.72 Å². The number of hydrogen-bond acceptors (Lipinski definition) is 6. The molecule has 116 valence electrons. The molecule has 1 rings (SSSR count). The molecular formula is C11H16N4O5S. The highest BCUT2D eigenvalue weighted by atomic mass is 32.2. The van der Waals surface area contributed by atoms with Crippen LogP contribution in [0.4, 0.5) is 11.4 Å². The fraction of sp³-hybridized carbons (Fsp3) is 0.364. The quantitative estimate of drug-likeness (QED) is 0.354. The van der Waals surface area contributed by atoms with Crippen molar-refractivity contribution < 1.29 is 18.1 Å². The number of carbonyl (C=O) groups excluding carboxylic acids is 1. The van der Waals surface area contributed by atoms with Crippen molar-refractivity contribution in [2.45, 2.75) is 17.7 Å². The van der Waals surface area contributed by atoms with E-state index in [2.05, 4.69) is 10.0 Å². The lowest BCUT2D eigenvalue weighted by molar-refractivity contribution is -0.387. The summed E-state index contributed by atoms with van der Waals surface area (Å²) in [5, 5.41) is 13.7. The van der Waals surface area contributed by atoms with Crippen LogP contribution in [0.25, 0.3) is 0 Å². The number of carbonyl (C=O) groups is 1. The van der Waals surface area contributed by atoms with E-state index in [1.165, 1.54) is 6.07 Å². The third-order valence-corrected chi connectivity index (χ3v) is 4.13. The normalized spacial score (nSPS) is 11.1. The number of rotatable bonds is 8. The number of hydrogen-bond donors (Lipinski definition) is 3. The van der Waals surface area contributed by atoms with Gasteiger partial charge in [0, 0.05) is 31.8 Å². The van der Waals surface area contributed by atoms with Gasteiger partial charge in [-0.05, 0) is 18.6 Å². The molecule has 4 N–H and O–H groups in total. The molecule has 10 heteroatoms. The summed E-state index contributed by atoms with van der Waals surface area (Å²) < 4.78 is 26.3. The zero-order valence-corrected chi connectivity index (χ0v) is 12.1. The van der Waals surface area contributed by atoms with Crippen LogP contribution in [0.3, 0.4) is 0 Å². The average molecular weight is 316 g/mol. The van der Waals surface area contributed by atoms with Crippen molar-refractivity contribution in [3.05, 3.63) is 28.3 Å². The minimum Gasteiger partial charge on any atom is -0.388 e. The highest BCUT2D eigenvalue weighted by Crippen LogP contribution is 2.26. The first kappa shape index (κ1) is 16.9. The van der Waals surface area contributed by atoms with Crippen molar-refractivity contribution in [3.8, 4) is 0 Å². The standard InChI is InChI=1S/C11H16N4O5S/c1-13-8-4-5-10(9(7-8)15(17)18)21(19,20)14-6-2-3-11(12)16/h4-5,7,13-14H,2-3,6H2,1H3,(H2,12,16). The first-order chi connectivity index (χ1) is 9.77. The average Bonchev–Trinajstić information content (AvgIpc) is 2.42. The Balaban J connectivity index is 2.97. The molecule has 9 nitrogen and oxygen atoms in total. The number of sulfonamides is 1. The van der Waals surface area contributed by atoms with E-state index in [9.17, 15) is 23.3 Å². The summed E-state index contributed by atoms with van der Waals surface area (Å²) in [4.78, 5) is 20.3. The lowest BCUT2D eigenvalue weighted by Gasteiger charge is -2.08. The van der Waals surface area contributed by atoms with Crippen molar-refractivity contribution in [2.75, 3.05) is 18.9 Å². The molecule has 21 heavy (non-hydrogen) atoms. The number of benzene rings is 1. The van der Waals surface area contributed by atoms with Crippen LogP contribution in [0.2, 0.25) is 0 Å². The summed E-state index contributed by atoms with van der Waals surface area (Å²) in [6, 6.07) is 3.71. The van der Waals surface area contributed by atoms with E-state index in [1.807, 2.05) is 0 Å². The van der Waals surface area contributed by atoms with Crippen LogP contribution >= 0.6 is 0 Å². The van der Waals surface area contributed by atoms with Crippen LogP contribution in [-0.4, -0.2) is 32.8 Å². The zero-order chi connectivity index (χ0) is 16.0. The molecule has 1 aromatic rings. The minimum atomic E-state index is -4.03. The van der Waals surface area contributed by atoms with Gasteiger partial charge < -0.3 is 11.1 Å². The summed E-state index contributed by atoms with van der Waals surface area (Å²) in [6.07, 6.45) is 0.250. The van der Waals surface area contributed by atoms with E-state index in [0.717, 1.165) is 12.1 Å². The number of anilines is 1. The molecule has 0 aliphatic carbocycles. The number of nitrogens with zero attached hydrogens (tertiary/aromatic N) is 1. The molecule has 1 aromatic carbocycles. The summed E-state index contributed by atoms with van der Waals surface area (Å²) >= 11 is 0. The van der Waals surface area contributed by atoms with Gasteiger partial charge >= 0.3 is 0 Å². The maximum absolute atomic E-state index is 12.0. The second-order valence-corrected chi connectivity index (χ2v) is 5.89. The molecule has 0 fully saturated rings. The summed E-state index contributed by atoms with van der Waals surface area (Å²) in [6.45, 7) is -0.0315. The van der Waals surface area contributed by atoms with E-state index in [1.54, 1.807) is 7.05 Å². The van der Waals surface area contributed by atoms with Gasteiger partial charge in [0.05, 0.1) is 4.92 Å². The smallest absolute Gasteiger partial charge is 0.291 e. The van der Waals surface area contributed by atoms with E-state index in [4.69, 9.17) is 5.73 Å². The number of primary amides is 1. The predicted octanol–water partition coefficient (Wildman–Crippen LogP) is 0.180.